The van der Waals surface area contributed by atoms with Gasteiger partial charge in [-0.1, -0.05) is 6.92 Å². The van der Waals surface area contributed by atoms with Crippen LogP contribution in [0.1, 0.15) is 26.7 Å². The van der Waals surface area contributed by atoms with Gasteiger partial charge >= 0.3 is 0 Å². The van der Waals surface area contributed by atoms with Crippen molar-refractivity contribution in [2.75, 3.05) is 26.2 Å². The van der Waals surface area contributed by atoms with Crippen LogP contribution in [0.4, 0.5) is 0 Å². The molecule has 1 amide bonds. The van der Waals surface area contributed by atoms with Crippen molar-refractivity contribution in [3.05, 3.63) is 0 Å². The highest BCUT2D eigenvalue weighted by molar-refractivity contribution is 5.78. The Hall–Kier alpha value is -0.610. The fraction of sp³-hybridized carbons (Fsp3) is 0.909. The number of aliphatic hydroxyl groups excluding tert-OH is 1. The van der Waals surface area contributed by atoms with Crippen molar-refractivity contribution in [3.63, 3.8) is 0 Å². The zero-order chi connectivity index (χ0) is 11.3. The molecule has 1 saturated heterocycles. The van der Waals surface area contributed by atoms with Gasteiger partial charge in [-0.3, -0.25) is 4.79 Å². The predicted molar refractivity (Wildman–Crippen MR) is 59.5 cm³/mol. The van der Waals surface area contributed by atoms with Crippen LogP contribution in [0.2, 0.25) is 0 Å². The fourth-order valence-corrected chi connectivity index (χ4v) is 1.69. The van der Waals surface area contributed by atoms with Crippen molar-refractivity contribution < 1.29 is 9.90 Å². The first kappa shape index (κ1) is 12.5. The summed E-state index contributed by atoms with van der Waals surface area (Å²) in [5.41, 5.74) is 0. The molecule has 4 heteroatoms. The molecule has 0 spiro atoms. The Kier molecular flexibility index (Phi) is 5.05. The van der Waals surface area contributed by atoms with Gasteiger partial charge < -0.3 is 15.3 Å². The smallest absolute Gasteiger partial charge is 0.236 e. The van der Waals surface area contributed by atoms with Crippen LogP contribution in [-0.4, -0.2) is 48.2 Å². The summed E-state index contributed by atoms with van der Waals surface area (Å²) in [7, 11) is 0. The minimum absolute atomic E-state index is 0.159. The van der Waals surface area contributed by atoms with Gasteiger partial charge in [0.1, 0.15) is 0 Å². The molecule has 0 aromatic rings. The molecule has 2 atom stereocenters. The van der Waals surface area contributed by atoms with Crippen molar-refractivity contribution in [2.24, 2.45) is 5.92 Å². The standard InChI is InChI=1S/C11H22N2O2/c1-9(8-14)10(2)12-7-11(15)13-5-3-4-6-13/h9-10,12,14H,3-8H2,1-2H3. The maximum Gasteiger partial charge on any atom is 0.236 e. The minimum Gasteiger partial charge on any atom is -0.396 e. The number of nitrogens with one attached hydrogen (secondary N) is 1. The van der Waals surface area contributed by atoms with Gasteiger partial charge in [0, 0.05) is 25.7 Å². The molecule has 0 radical (unpaired) electrons. The molecule has 2 unspecified atom stereocenters. The van der Waals surface area contributed by atoms with Gasteiger partial charge in [-0.05, 0) is 25.7 Å². The number of nitrogens with zero attached hydrogens (tertiary/aromatic N) is 1. The van der Waals surface area contributed by atoms with Crippen LogP contribution in [0, 0.1) is 5.92 Å². The van der Waals surface area contributed by atoms with E-state index in [1.165, 1.54) is 0 Å². The Bertz CT molecular complexity index is 203. The summed E-state index contributed by atoms with van der Waals surface area (Å²) in [5.74, 6) is 0.376. The van der Waals surface area contributed by atoms with Gasteiger partial charge in [-0.15, -0.1) is 0 Å². The zero-order valence-electron chi connectivity index (χ0n) is 9.70. The summed E-state index contributed by atoms with van der Waals surface area (Å²) in [6.07, 6.45) is 2.27. The van der Waals surface area contributed by atoms with Crippen molar-refractivity contribution in [1.82, 2.24) is 10.2 Å². The van der Waals surface area contributed by atoms with Gasteiger partial charge in [0.25, 0.3) is 0 Å². The van der Waals surface area contributed by atoms with E-state index < -0.39 is 0 Å². The quantitative estimate of drug-likeness (QED) is 0.688. The van der Waals surface area contributed by atoms with E-state index in [0.717, 1.165) is 25.9 Å². The van der Waals surface area contributed by atoms with Crippen molar-refractivity contribution in [3.8, 4) is 0 Å². The van der Waals surface area contributed by atoms with Gasteiger partial charge in [-0.2, -0.15) is 0 Å². The summed E-state index contributed by atoms with van der Waals surface area (Å²) >= 11 is 0. The van der Waals surface area contributed by atoms with E-state index >= 15 is 0 Å². The third kappa shape index (κ3) is 3.80. The highest BCUT2D eigenvalue weighted by Crippen LogP contribution is 2.07. The molecule has 1 aliphatic rings. The van der Waals surface area contributed by atoms with Gasteiger partial charge in [-0.25, -0.2) is 0 Å². The molecule has 0 saturated carbocycles. The van der Waals surface area contributed by atoms with E-state index in [1.54, 1.807) is 0 Å². The SMILES string of the molecule is CC(CO)C(C)NCC(=O)N1CCCC1. The lowest BCUT2D eigenvalue weighted by atomic mass is 10.1. The van der Waals surface area contributed by atoms with E-state index in [1.807, 2.05) is 18.7 Å². The largest absolute Gasteiger partial charge is 0.396 e. The molecular weight excluding hydrogens is 192 g/mol. The van der Waals surface area contributed by atoms with Gasteiger partial charge in [0.05, 0.1) is 6.54 Å². The first-order valence-corrected chi connectivity index (χ1v) is 5.77. The molecule has 1 heterocycles. The first-order valence-electron chi connectivity index (χ1n) is 5.77. The third-order valence-corrected chi connectivity index (χ3v) is 3.18. The van der Waals surface area contributed by atoms with Gasteiger partial charge in [0.15, 0.2) is 0 Å². The number of carbonyl (C=O) groups is 1. The second-order valence-electron chi connectivity index (χ2n) is 4.42. The molecule has 0 aromatic heterocycles. The first-order chi connectivity index (χ1) is 7.15. The Morgan fingerprint density at radius 1 is 1.40 bits per heavy atom. The van der Waals surface area contributed by atoms with E-state index in [4.69, 9.17) is 5.11 Å². The Morgan fingerprint density at radius 2 is 2.00 bits per heavy atom. The van der Waals surface area contributed by atoms with Crippen molar-refractivity contribution in [1.29, 1.82) is 0 Å². The number of carbonyl (C=O) groups excluding carboxylic acids is 1. The number of hydrogen-bond acceptors (Lipinski definition) is 3. The summed E-state index contributed by atoms with van der Waals surface area (Å²) in [6, 6.07) is 0.182. The van der Waals surface area contributed by atoms with E-state index in [0.29, 0.717) is 6.54 Å². The monoisotopic (exact) mass is 214 g/mol. The lowest BCUT2D eigenvalue weighted by Gasteiger charge is -2.21. The van der Waals surface area contributed by atoms with Crippen LogP contribution in [0.15, 0.2) is 0 Å². The molecule has 1 fully saturated rings. The van der Waals surface area contributed by atoms with Crippen LogP contribution in [-0.2, 0) is 4.79 Å². The van der Waals surface area contributed by atoms with E-state index in [9.17, 15) is 4.79 Å². The van der Waals surface area contributed by atoms with Crippen LogP contribution in [0.3, 0.4) is 0 Å². The molecule has 1 aliphatic heterocycles. The average Bonchev–Trinajstić information content (AvgIpc) is 2.77. The van der Waals surface area contributed by atoms with Gasteiger partial charge in [0.2, 0.25) is 5.91 Å². The third-order valence-electron chi connectivity index (χ3n) is 3.18. The Labute approximate surface area is 91.6 Å². The zero-order valence-corrected chi connectivity index (χ0v) is 9.70. The molecule has 2 N–H and O–H groups in total. The average molecular weight is 214 g/mol. The second kappa shape index (κ2) is 6.08. The van der Waals surface area contributed by atoms with E-state index in [-0.39, 0.29) is 24.5 Å². The number of amides is 1. The fourth-order valence-electron chi connectivity index (χ4n) is 1.69. The Morgan fingerprint density at radius 3 is 2.53 bits per heavy atom. The van der Waals surface area contributed by atoms with Crippen LogP contribution in [0.5, 0.6) is 0 Å². The van der Waals surface area contributed by atoms with Crippen LogP contribution in [0.25, 0.3) is 0 Å². The molecule has 88 valence electrons. The molecule has 4 nitrogen and oxygen atoms in total. The molecule has 0 aliphatic carbocycles. The summed E-state index contributed by atoms with van der Waals surface area (Å²) in [5, 5.41) is 12.1. The maximum atomic E-state index is 11.7. The highest BCUT2D eigenvalue weighted by atomic mass is 16.3. The Balaban J connectivity index is 2.21. The maximum absolute atomic E-state index is 11.7. The molecule has 0 bridgehead atoms. The molecular formula is C11H22N2O2. The lowest BCUT2D eigenvalue weighted by molar-refractivity contribution is -0.129. The number of rotatable bonds is 5. The van der Waals surface area contributed by atoms with Crippen molar-refractivity contribution in [2.45, 2.75) is 32.7 Å². The number of aliphatic hydroxyl groups is 1. The topological polar surface area (TPSA) is 52.6 Å². The molecule has 1 rings (SSSR count). The van der Waals surface area contributed by atoms with E-state index in [2.05, 4.69) is 5.32 Å². The predicted octanol–water partition coefficient (Wildman–Crippen LogP) is 0.215. The second-order valence-corrected chi connectivity index (χ2v) is 4.42. The molecule has 0 aromatic carbocycles. The van der Waals surface area contributed by atoms with Crippen LogP contribution < -0.4 is 5.32 Å². The summed E-state index contributed by atoms with van der Waals surface area (Å²) < 4.78 is 0. The summed E-state index contributed by atoms with van der Waals surface area (Å²) in [6.45, 7) is 6.34. The molecule has 15 heavy (non-hydrogen) atoms. The van der Waals surface area contributed by atoms with Crippen LogP contribution >= 0.6 is 0 Å². The number of hydrogen-bond donors (Lipinski definition) is 2. The minimum atomic E-state index is 0.159. The normalized spacial score (nSPS) is 20.3. The number of likely N-dealkylation sites (tertiary alicyclic amines) is 1. The van der Waals surface area contributed by atoms with Crippen molar-refractivity contribution >= 4 is 5.91 Å². The lowest BCUT2D eigenvalue weighted by Crippen LogP contribution is -2.42. The highest BCUT2D eigenvalue weighted by Gasteiger charge is 2.19. The summed E-state index contributed by atoms with van der Waals surface area (Å²) in [4.78, 5) is 13.6.